The highest BCUT2D eigenvalue weighted by molar-refractivity contribution is 5.95. The van der Waals surface area contributed by atoms with E-state index < -0.39 is 5.97 Å². The number of aromatic nitrogens is 1. The normalized spacial score (nSPS) is 10.5. The van der Waals surface area contributed by atoms with Gasteiger partial charge in [-0.05, 0) is 13.3 Å². The second kappa shape index (κ2) is 4.41. The van der Waals surface area contributed by atoms with Gasteiger partial charge in [-0.25, -0.2) is 4.79 Å². The van der Waals surface area contributed by atoms with E-state index >= 15 is 0 Å². The summed E-state index contributed by atoms with van der Waals surface area (Å²) >= 11 is 0. The maximum atomic E-state index is 11.2. The van der Waals surface area contributed by atoms with Crippen LogP contribution in [-0.2, 0) is 6.42 Å². The first-order chi connectivity index (χ1) is 8.13. The van der Waals surface area contributed by atoms with Crippen molar-refractivity contribution in [3.8, 4) is 11.3 Å². The molecule has 17 heavy (non-hydrogen) atoms. The largest absolute Gasteiger partial charge is 0.477 e. The zero-order chi connectivity index (χ0) is 12.4. The SMILES string of the molecule is CCc1noc(-c2ccc(C)cc2)c1C(=O)O. The Bertz CT molecular complexity index is 540. The van der Waals surface area contributed by atoms with Crippen molar-refractivity contribution in [3.05, 3.63) is 41.1 Å². The van der Waals surface area contributed by atoms with Crippen LogP contribution in [0.1, 0.15) is 28.5 Å². The number of carboxylic acid groups (broad SMARTS) is 1. The number of benzene rings is 1. The second-order valence-electron chi connectivity index (χ2n) is 3.86. The van der Waals surface area contributed by atoms with E-state index in [9.17, 15) is 9.90 Å². The summed E-state index contributed by atoms with van der Waals surface area (Å²) < 4.78 is 5.14. The third-order valence-corrected chi connectivity index (χ3v) is 2.63. The molecule has 2 rings (SSSR count). The predicted octanol–water partition coefficient (Wildman–Crippen LogP) is 2.91. The number of aryl methyl sites for hydroxylation is 2. The van der Waals surface area contributed by atoms with Crippen LogP contribution in [0.15, 0.2) is 28.8 Å². The number of aromatic carboxylic acids is 1. The molecular weight excluding hydrogens is 218 g/mol. The van der Waals surface area contributed by atoms with Crippen molar-refractivity contribution in [2.75, 3.05) is 0 Å². The van der Waals surface area contributed by atoms with E-state index in [1.165, 1.54) is 0 Å². The molecule has 0 aliphatic heterocycles. The Morgan fingerprint density at radius 3 is 2.53 bits per heavy atom. The lowest BCUT2D eigenvalue weighted by Crippen LogP contribution is -2.01. The fraction of sp³-hybridized carbons (Fsp3) is 0.231. The summed E-state index contributed by atoms with van der Waals surface area (Å²) in [7, 11) is 0. The van der Waals surface area contributed by atoms with Crippen LogP contribution in [0.25, 0.3) is 11.3 Å². The average molecular weight is 231 g/mol. The van der Waals surface area contributed by atoms with Gasteiger partial charge in [-0.15, -0.1) is 0 Å². The van der Waals surface area contributed by atoms with E-state index in [2.05, 4.69) is 5.16 Å². The smallest absolute Gasteiger partial charge is 0.341 e. The van der Waals surface area contributed by atoms with E-state index in [-0.39, 0.29) is 5.56 Å². The molecule has 0 saturated heterocycles. The van der Waals surface area contributed by atoms with E-state index in [1.807, 2.05) is 38.1 Å². The molecule has 0 bridgehead atoms. The third kappa shape index (κ3) is 2.06. The molecule has 0 amide bonds. The molecule has 2 aromatic rings. The highest BCUT2D eigenvalue weighted by atomic mass is 16.5. The lowest BCUT2D eigenvalue weighted by atomic mass is 10.0. The first-order valence-electron chi connectivity index (χ1n) is 5.42. The number of rotatable bonds is 3. The summed E-state index contributed by atoms with van der Waals surface area (Å²) in [4.78, 5) is 11.2. The number of carbonyl (C=O) groups is 1. The molecule has 88 valence electrons. The molecule has 4 heteroatoms. The molecule has 4 nitrogen and oxygen atoms in total. The van der Waals surface area contributed by atoms with Gasteiger partial charge in [0, 0.05) is 5.56 Å². The van der Waals surface area contributed by atoms with Crippen LogP contribution in [0.3, 0.4) is 0 Å². The maximum Gasteiger partial charge on any atom is 0.341 e. The summed E-state index contributed by atoms with van der Waals surface area (Å²) in [6, 6.07) is 7.49. The Balaban J connectivity index is 2.55. The summed E-state index contributed by atoms with van der Waals surface area (Å²) in [5.74, 6) is -0.673. The van der Waals surface area contributed by atoms with Gasteiger partial charge in [-0.1, -0.05) is 41.9 Å². The minimum Gasteiger partial charge on any atom is -0.477 e. The molecule has 0 spiro atoms. The van der Waals surface area contributed by atoms with Gasteiger partial charge in [0.05, 0.1) is 5.69 Å². The average Bonchev–Trinajstić information content (AvgIpc) is 2.73. The van der Waals surface area contributed by atoms with Crippen LogP contribution >= 0.6 is 0 Å². The minimum atomic E-state index is -1.00. The van der Waals surface area contributed by atoms with Crippen molar-refractivity contribution >= 4 is 5.97 Å². The highest BCUT2D eigenvalue weighted by Gasteiger charge is 2.22. The summed E-state index contributed by atoms with van der Waals surface area (Å²) in [5.41, 5.74) is 2.49. The van der Waals surface area contributed by atoms with Gasteiger partial charge < -0.3 is 9.63 Å². The van der Waals surface area contributed by atoms with Gasteiger partial charge in [-0.3, -0.25) is 0 Å². The molecule has 0 aliphatic carbocycles. The zero-order valence-electron chi connectivity index (χ0n) is 9.73. The van der Waals surface area contributed by atoms with Crippen LogP contribution in [0.2, 0.25) is 0 Å². The lowest BCUT2D eigenvalue weighted by Gasteiger charge is -1.99. The van der Waals surface area contributed by atoms with Gasteiger partial charge in [0.1, 0.15) is 5.56 Å². The van der Waals surface area contributed by atoms with Crippen molar-refractivity contribution in [3.63, 3.8) is 0 Å². The first-order valence-corrected chi connectivity index (χ1v) is 5.42. The maximum absolute atomic E-state index is 11.2. The van der Waals surface area contributed by atoms with E-state index in [0.29, 0.717) is 17.9 Å². The Morgan fingerprint density at radius 2 is 2.00 bits per heavy atom. The summed E-state index contributed by atoms with van der Waals surface area (Å²) in [6.07, 6.45) is 0.539. The first kappa shape index (κ1) is 11.4. The van der Waals surface area contributed by atoms with Crippen molar-refractivity contribution < 1.29 is 14.4 Å². The molecular formula is C13H13NO3. The monoisotopic (exact) mass is 231 g/mol. The highest BCUT2D eigenvalue weighted by Crippen LogP contribution is 2.26. The van der Waals surface area contributed by atoms with Crippen molar-refractivity contribution in [1.82, 2.24) is 5.16 Å². The molecule has 0 unspecified atom stereocenters. The molecule has 0 aliphatic rings. The number of carboxylic acids is 1. The summed E-state index contributed by atoms with van der Waals surface area (Å²) in [6.45, 7) is 3.82. The predicted molar refractivity (Wildman–Crippen MR) is 63.0 cm³/mol. The Hall–Kier alpha value is -2.10. The molecule has 1 aromatic heterocycles. The van der Waals surface area contributed by atoms with Crippen LogP contribution in [-0.4, -0.2) is 16.2 Å². The second-order valence-corrected chi connectivity index (χ2v) is 3.86. The van der Waals surface area contributed by atoms with Crippen molar-refractivity contribution in [2.45, 2.75) is 20.3 Å². The molecule has 1 aromatic carbocycles. The Labute approximate surface area is 98.9 Å². The lowest BCUT2D eigenvalue weighted by molar-refractivity contribution is 0.0696. The van der Waals surface area contributed by atoms with Crippen molar-refractivity contribution in [1.29, 1.82) is 0 Å². The van der Waals surface area contributed by atoms with Gasteiger partial charge in [0.15, 0.2) is 5.76 Å². The van der Waals surface area contributed by atoms with E-state index in [0.717, 1.165) is 11.1 Å². The molecule has 0 atom stereocenters. The zero-order valence-corrected chi connectivity index (χ0v) is 9.73. The Morgan fingerprint density at radius 1 is 1.35 bits per heavy atom. The van der Waals surface area contributed by atoms with Crippen molar-refractivity contribution in [2.24, 2.45) is 0 Å². The fourth-order valence-corrected chi connectivity index (χ4v) is 1.69. The van der Waals surface area contributed by atoms with Gasteiger partial charge >= 0.3 is 5.97 Å². The molecule has 0 saturated carbocycles. The Kier molecular flexibility index (Phi) is 2.95. The van der Waals surface area contributed by atoms with E-state index in [4.69, 9.17) is 4.52 Å². The van der Waals surface area contributed by atoms with Gasteiger partial charge in [0.2, 0.25) is 0 Å². The molecule has 0 radical (unpaired) electrons. The molecule has 1 N–H and O–H groups in total. The molecule has 1 heterocycles. The van der Waals surface area contributed by atoms with Gasteiger partial charge in [0.25, 0.3) is 0 Å². The quantitative estimate of drug-likeness (QED) is 0.882. The fourth-order valence-electron chi connectivity index (χ4n) is 1.69. The summed E-state index contributed by atoms with van der Waals surface area (Å²) in [5, 5.41) is 13.0. The third-order valence-electron chi connectivity index (χ3n) is 2.63. The number of hydrogen-bond acceptors (Lipinski definition) is 3. The number of nitrogens with zero attached hydrogens (tertiary/aromatic N) is 1. The molecule has 0 fully saturated rings. The van der Waals surface area contributed by atoms with Crippen LogP contribution < -0.4 is 0 Å². The topological polar surface area (TPSA) is 63.3 Å². The van der Waals surface area contributed by atoms with E-state index in [1.54, 1.807) is 0 Å². The van der Waals surface area contributed by atoms with Crippen LogP contribution in [0.4, 0.5) is 0 Å². The number of hydrogen-bond donors (Lipinski definition) is 1. The standard InChI is InChI=1S/C13H13NO3/c1-3-10-11(13(15)16)12(17-14-10)9-6-4-8(2)5-7-9/h4-7H,3H2,1-2H3,(H,15,16). The van der Waals surface area contributed by atoms with Gasteiger partial charge in [-0.2, -0.15) is 0 Å². The minimum absolute atomic E-state index is 0.163. The van der Waals surface area contributed by atoms with Crippen LogP contribution in [0, 0.1) is 6.92 Å². The van der Waals surface area contributed by atoms with Crippen LogP contribution in [0.5, 0.6) is 0 Å².